The lowest BCUT2D eigenvalue weighted by atomic mass is 9.88. The summed E-state index contributed by atoms with van der Waals surface area (Å²) in [4.78, 5) is 29.4. The van der Waals surface area contributed by atoms with Crippen LogP contribution in [0, 0.1) is 6.92 Å². The van der Waals surface area contributed by atoms with Crippen molar-refractivity contribution < 1.29 is 27.6 Å². The van der Waals surface area contributed by atoms with Crippen molar-refractivity contribution in [2.75, 3.05) is 6.54 Å². The van der Waals surface area contributed by atoms with Crippen LogP contribution in [-0.2, 0) is 15.2 Å². The summed E-state index contributed by atoms with van der Waals surface area (Å²) in [6, 6.07) is 3.60. The number of halogens is 6. The van der Waals surface area contributed by atoms with Gasteiger partial charge in [0.2, 0.25) is 5.91 Å². The zero-order valence-corrected chi connectivity index (χ0v) is 19.9. The molecule has 0 bridgehead atoms. The molecule has 1 aromatic carbocycles. The predicted octanol–water partition coefficient (Wildman–Crippen LogP) is 5.59. The van der Waals surface area contributed by atoms with Crippen molar-refractivity contribution in [3.05, 3.63) is 66.9 Å². The van der Waals surface area contributed by atoms with Crippen molar-refractivity contribution in [1.29, 1.82) is 0 Å². The molecule has 6 nitrogen and oxygen atoms in total. The van der Waals surface area contributed by atoms with Crippen molar-refractivity contribution in [2.24, 2.45) is 5.16 Å². The van der Waals surface area contributed by atoms with Gasteiger partial charge in [-0.3, -0.25) is 9.59 Å². The maximum Gasteiger partial charge on any atom is 0.435 e. The number of alkyl halides is 3. The van der Waals surface area contributed by atoms with Crippen molar-refractivity contribution >= 4 is 63.7 Å². The third-order valence-electron chi connectivity index (χ3n) is 4.72. The number of aryl methyl sites for hydroxylation is 1. The first-order chi connectivity index (χ1) is 15.4. The van der Waals surface area contributed by atoms with Gasteiger partial charge in [-0.1, -0.05) is 46.5 Å². The van der Waals surface area contributed by atoms with Gasteiger partial charge in [0.25, 0.3) is 11.5 Å². The highest BCUT2D eigenvalue weighted by Gasteiger charge is 2.62. The van der Waals surface area contributed by atoms with E-state index in [0.717, 1.165) is 23.5 Å². The molecule has 13 heteroatoms. The molecule has 0 fully saturated rings. The standard InChI is InChI=1S/C20H15Cl3F3N3O3S/c1-3-27-15(30)8-28-18(31)17-9(2)4-14(33-17)13-7-19(32-29-13,20(24,25)26)10-5-11(21)16(23)12(22)6-10/h3-6H,1,7-8H2,2H3,(H,27,30)(H,28,31). The number of oxime groups is 1. The highest BCUT2D eigenvalue weighted by Crippen LogP contribution is 2.51. The first-order valence-corrected chi connectivity index (χ1v) is 11.1. The van der Waals surface area contributed by atoms with Crippen LogP contribution in [0.4, 0.5) is 13.2 Å². The topological polar surface area (TPSA) is 79.8 Å². The number of amides is 2. The summed E-state index contributed by atoms with van der Waals surface area (Å²) >= 11 is 18.7. The summed E-state index contributed by atoms with van der Waals surface area (Å²) in [5.41, 5.74) is -2.69. The largest absolute Gasteiger partial charge is 0.435 e. The Kier molecular flexibility index (Phi) is 7.33. The highest BCUT2D eigenvalue weighted by molar-refractivity contribution is 7.16. The van der Waals surface area contributed by atoms with Gasteiger partial charge in [0.1, 0.15) is 5.71 Å². The molecule has 1 aromatic heterocycles. The number of nitrogens with zero attached hydrogens (tertiary/aromatic N) is 1. The molecule has 33 heavy (non-hydrogen) atoms. The highest BCUT2D eigenvalue weighted by atomic mass is 35.5. The zero-order chi connectivity index (χ0) is 24.6. The van der Waals surface area contributed by atoms with Crippen LogP contribution < -0.4 is 10.6 Å². The van der Waals surface area contributed by atoms with Gasteiger partial charge in [-0.25, -0.2) is 0 Å². The molecular weight excluding hydrogens is 526 g/mol. The van der Waals surface area contributed by atoms with E-state index in [1.807, 2.05) is 0 Å². The maximum absolute atomic E-state index is 14.2. The molecular formula is C20H15Cl3F3N3O3S. The molecule has 2 amide bonds. The van der Waals surface area contributed by atoms with Crippen molar-refractivity contribution in [3.63, 3.8) is 0 Å². The average molecular weight is 541 g/mol. The SMILES string of the molecule is C=CNC(=O)CNC(=O)c1sc(C2=NOC(c3cc(Cl)c(Cl)c(Cl)c3)(C(F)(F)F)C2)cc1C. The van der Waals surface area contributed by atoms with Crippen LogP contribution in [0.1, 0.15) is 32.1 Å². The van der Waals surface area contributed by atoms with Crippen LogP contribution in [0.2, 0.25) is 15.1 Å². The Labute approximate surface area is 205 Å². The summed E-state index contributed by atoms with van der Waals surface area (Å²) in [6.07, 6.45) is -4.37. The van der Waals surface area contributed by atoms with E-state index in [1.165, 1.54) is 12.3 Å². The molecule has 2 N–H and O–H groups in total. The monoisotopic (exact) mass is 539 g/mol. The average Bonchev–Trinajstić information content (AvgIpc) is 3.35. The van der Waals surface area contributed by atoms with Crippen molar-refractivity contribution in [1.82, 2.24) is 10.6 Å². The molecule has 1 unspecified atom stereocenters. The Morgan fingerprint density at radius 2 is 1.91 bits per heavy atom. The summed E-state index contributed by atoms with van der Waals surface area (Å²) in [6.45, 7) is 4.66. The van der Waals surface area contributed by atoms with E-state index in [9.17, 15) is 22.8 Å². The minimum Gasteiger partial charge on any atom is -0.374 e. The smallest absolute Gasteiger partial charge is 0.374 e. The van der Waals surface area contributed by atoms with E-state index in [0.29, 0.717) is 10.4 Å². The number of carbonyl (C=O) groups excluding carboxylic acids is 2. The van der Waals surface area contributed by atoms with Crippen molar-refractivity contribution in [2.45, 2.75) is 25.1 Å². The molecule has 1 aliphatic rings. The van der Waals surface area contributed by atoms with Gasteiger partial charge in [-0.15, -0.1) is 11.3 Å². The van der Waals surface area contributed by atoms with Crippen molar-refractivity contribution in [3.8, 4) is 0 Å². The van der Waals surface area contributed by atoms with Crippen LogP contribution in [0.15, 0.2) is 36.1 Å². The van der Waals surface area contributed by atoms with E-state index >= 15 is 0 Å². The Morgan fingerprint density at radius 3 is 2.48 bits per heavy atom. The van der Waals surface area contributed by atoms with Crippen LogP contribution in [0.5, 0.6) is 0 Å². The van der Waals surface area contributed by atoms with E-state index in [4.69, 9.17) is 39.6 Å². The second-order valence-electron chi connectivity index (χ2n) is 6.96. The summed E-state index contributed by atoms with van der Waals surface area (Å²) < 4.78 is 42.5. The molecule has 0 spiro atoms. The number of thiophene rings is 1. The van der Waals surface area contributed by atoms with Crippen LogP contribution >= 0.6 is 46.1 Å². The van der Waals surface area contributed by atoms with E-state index in [-0.39, 0.29) is 37.8 Å². The molecule has 176 valence electrons. The summed E-state index contributed by atoms with van der Waals surface area (Å²) in [7, 11) is 0. The number of rotatable bonds is 6. The summed E-state index contributed by atoms with van der Waals surface area (Å²) in [5, 5.41) is 8.02. The Balaban J connectivity index is 1.88. The van der Waals surface area contributed by atoms with Gasteiger partial charge < -0.3 is 15.5 Å². The fourth-order valence-electron chi connectivity index (χ4n) is 3.08. The normalized spacial score (nSPS) is 17.8. The van der Waals surface area contributed by atoms with Gasteiger partial charge in [-0.2, -0.15) is 13.2 Å². The Bertz CT molecular complexity index is 1140. The second kappa shape index (κ2) is 9.54. The third kappa shape index (κ3) is 4.98. The fourth-order valence-corrected chi connectivity index (χ4v) is 4.74. The van der Waals surface area contributed by atoms with Crippen LogP contribution in [-0.4, -0.2) is 30.2 Å². The molecule has 0 aliphatic carbocycles. The minimum atomic E-state index is -4.87. The molecule has 2 aromatic rings. The van der Waals surface area contributed by atoms with Gasteiger partial charge >= 0.3 is 6.18 Å². The number of carbonyl (C=O) groups is 2. The third-order valence-corrected chi connectivity index (χ3v) is 7.20. The number of hydrogen-bond acceptors (Lipinski definition) is 5. The Morgan fingerprint density at radius 1 is 1.27 bits per heavy atom. The van der Waals surface area contributed by atoms with Gasteiger partial charge in [0, 0.05) is 5.56 Å². The molecule has 0 saturated heterocycles. The predicted molar refractivity (Wildman–Crippen MR) is 121 cm³/mol. The Hall–Kier alpha value is -2.27. The zero-order valence-electron chi connectivity index (χ0n) is 16.8. The molecule has 1 atom stereocenters. The quantitative estimate of drug-likeness (QED) is 0.469. The van der Waals surface area contributed by atoms with Crippen LogP contribution in [0.25, 0.3) is 0 Å². The van der Waals surface area contributed by atoms with E-state index in [2.05, 4.69) is 22.4 Å². The fraction of sp³-hybridized carbons (Fsp3) is 0.250. The summed E-state index contributed by atoms with van der Waals surface area (Å²) in [5.74, 6) is -1.03. The first-order valence-electron chi connectivity index (χ1n) is 9.15. The number of benzene rings is 1. The van der Waals surface area contributed by atoms with Gasteiger partial charge in [-0.05, 0) is 36.9 Å². The number of nitrogens with one attached hydrogen (secondary N) is 2. The lowest BCUT2D eigenvalue weighted by molar-refractivity contribution is -0.275. The maximum atomic E-state index is 14.2. The first kappa shape index (κ1) is 25.4. The molecule has 1 aliphatic heterocycles. The van der Waals surface area contributed by atoms with Crippen LogP contribution in [0.3, 0.4) is 0 Å². The minimum absolute atomic E-state index is 0.00827. The lowest BCUT2D eigenvalue weighted by Crippen LogP contribution is -2.42. The second-order valence-corrected chi connectivity index (χ2v) is 9.21. The van der Waals surface area contributed by atoms with E-state index in [1.54, 1.807) is 6.92 Å². The molecule has 0 saturated carbocycles. The van der Waals surface area contributed by atoms with Gasteiger partial charge in [0.05, 0.1) is 37.8 Å². The number of hydrogen-bond donors (Lipinski definition) is 2. The molecule has 0 radical (unpaired) electrons. The lowest BCUT2D eigenvalue weighted by Gasteiger charge is -2.29. The van der Waals surface area contributed by atoms with Gasteiger partial charge in [0.15, 0.2) is 0 Å². The molecule has 2 heterocycles. The molecule has 3 rings (SSSR count). The van der Waals surface area contributed by atoms with E-state index < -0.39 is 30.0 Å².